The number of rotatable bonds is 2. The van der Waals surface area contributed by atoms with Crippen LogP contribution in [0.1, 0.15) is 31.0 Å². The number of hydrogen-bond donors (Lipinski definition) is 2. The molecule has 4 rings (SSSR count). The second-order valence-electron chi connectivity index (χ2n) is 6.95. The van der Waals surface area contributed by atoms with Crippen LogP contribution in [0.2, 0.25) is 0 Å². The maximum absolute atomic E-state index is 12.4. The third-order valence-corrected chi connectivity index (χ3v) is 5.69. The minimum Gasteiger partial charge on any atom is -0.368 e. The minimum absolute atomic E-state index is 0.130. The topological polar surface area (TPSA) is 57.4 Å². The Morgan fingerprint density at radius 1 is 1.33 bits per heavy atom. The van der Waals surface area contributed by atoms with Crippen LogP contribution in [0.15, 0.2) is 24.3 Å². The summed E-state index contributed by atoms with van der Waals surface area (Å²) in [5.74, 6) is 0.181. The van der Waals surface area contributed by atoms with E-state index in [-0.39, 0.29) is 17.6 Å². The van der Waals surface area contributed by atoms with E-state index in [0.29, 0.717) is 0 Å². The van der Waals surface area contributed by atoms with Gasteiger partial charge in [0.25, 0.3) is 0 Å². The van der Waals surface area contributed by atoms with Gasteiger partial charge in [0.2, 0.25) is 5.91 Å². The van der Waals surface area contributed by atoms with E-state index in [1.807, 2.05) is 18.9 Å². The first-order chi connectivity index (χ1) is 11.6. The molecule has 3 heterocycles. The highest BCUT2D eigenvalue weighted by atomic mass is 16.5. The highest BCUT2D eigenvalue weighted by Gasteiger charge is 2.43. The van der Waals surface area contributed by atoms with Gasteiger partial charge >= 0.3 is 0 Å². The van der Waals surface area contributed by atoms with E-state index >= 15 is 0 Å². The fourth-order valence-electron chi connectivity index (χ4n) is 4.15. The number of aromatic amines is 1. The van der Waals surface area contributed by atoms with E-state index in [9.17, 15) is 4.79 Å². The number of aromatic nitrogens is 1. The standard InChI is InChI=1S/C19H25N3O2/c1-13(20-2)18(23)22-10-8-19(9-11-22)17-15(7-12-24-19)14-5-3-4-6-16(14)21-17/h3-6,13,20-21H,7-12H2,1-2H3. The first-order valence-electron chi connectivity index (χ1n) is 8.85. The molecule has 2 aromatic rings. The summed E-state index contributed by atoms with van der Waals surface area (Å²) in [5.41, 5.74) is 3.57. The number of nitrogens with zero attached hydrogens (tertiary/aromatic N) is 1. The summed E-state index contributed by atoms with van der Waals surface area (Å²) in [4.78, 5) is 18.0. The van der Waals surface area contributed by atoms with Gasteiger partial charge in [0, 0.05) is 24.0 Å². The fourth-order valence-corrected chi connectivity index (χ4v) is 4.15. The van der Waals surface area contributed by atoms with Gasteiger partial charge in [-0.2, -0.15) is 0 Å². The van der Waals surface area contributed by atoms with Crippen LogP contribution in [-0.4, -0.2) is 48.6 Å². The maximum Gasteiger partial charge on any atom is 0.239 e. The Bertz CT molecular complexity index is 759. The summed E-state index contributed by atoms with van der Waals surface area (Å²) in [7, 11) is 1.83. The molecule has 5 heteroatoms. The van der Waals surface area contributed by atoms with Crippen molar-refractivity contribution in [3.8, 4) is 0 Å². The lowest BCUT2D eigenvalue weighted by atomic mass is 9.83. The summed E-state index contributed by atoms with van der Waals surface area (Å²) >= 11 is 0. The van der Waals surface area contributed by atoms with E-state index in [1.54, 1.807) is 0 Å². The van der Waals surface area contributed by atoms with Crippen LogP contribution < -0.4 is 5.32 Å². The molecule has 0 saturated carbocycles. The van der Waals surface area contributed by atoms with Crippen LogP contribution >= 0.6 is 0 Å². The molecule has 24 heavy (non-hydrogen) atoms. The van der Waals surface area contributed by atoms with E-state index in [0.717, 1.165) is 39.0 Å². The molecular weight excluding hydrogens is 302 g/mol. The number of piperidine rings is 1. The van der Waals surface area contributed by atoms with Gasteiger partial charge in [0.15, 0.2) is 0 Å². The van der Waals surface area contributed by atoms with E-state index in [4.69, 9.17) is 4.74 Å². The lowest BCUT2D eigenvalue weighted by Gasteiger charge is -2.44. The van der Waals surface area contributed by atoms with E-state index in [1.165, 1.54) is 22.2 Å². The third kappa shape index (κ3) is 2.34. The molecule has 0 bridgehead atoms. The molecular formula is C19H25N3O2. The van der Waals surface area contributed by atoms with E-state index < -0.39 is 0 Å². The first-order valence-corrected chi connectivity index (χ1v) is 8.85. The summed E-state index contributed by atoms with van der Waals surface area (Å²) in [6, 6.07) is 8.36. The molecule has 5 nitrogen and oxygen atoms in total. The first kappa shape index (κ1) is 15.7. The fraction of sp³-hybridized carbons (Fsp3) is 0.526. The number of nitrogens with one attached hydrogen (secondary N) is 2. The highest BCUT2D eigenvalue weighted by molar-refractivity contribution is 5.85. The number of hydrogen-bond acceptors (Lipinski definition) is 3. The van der Waals surface area contributed by atoms with Crippen molar-refractivity contribution >= 4 is 16.8 Å². The van der Waals surface area contributed by atoms with Crippen LogP contribution in [-0.2, 0) is 21.6 Å². The zero-order valence-electron chi connectivity index (χ0n) is 14.4. The van der Waals surface area contributed by atoms with Crippen LogP contribution in [0.3, 0.4) is 0 Å². The SMILES string of the molecule is CNC(C)C(=O)N1CCC2(CC1)OCCc1c2[nH]c2ccccc12. The van der Waals surface area contributed by atoms with Gasteiger partial charge < -0.3 is 19.9 Å². The Labute approximate surface area is 142 Å². The van der Waals surface area contributed by atoms with Gasteiger partial charge in [-0.3, -0.25) is 4.79 Å². The summed E-state index contributed by atoms with van der Waals surface area (Å²) < 4.78 is 6.29. The largest absolute Gasteiger partial charge is 0.368 e. The molecule has 128 valence electrons. The number of amides is 1. The van der Waals surface area contributed by atoms with Crippen molar-refractivity contribution < 1.29 is 9.53 Å². The Kier molecular flexibility index (Phi) is 3.85. The summed E-state index contributed by atoms with van der Waals surface area (Å²) in [5, 5.41) is 4.35. The maximum atomic E-state index is 12.4. The molecule has 1 aromatic carbocycles. The quantitative estimate of drug-likeness (QED) is 0.889. The van der Waals surface area contributed by atoms with Crippen LogP contribution in [0.25, 0.3) is 10.9 Å². The number of fused-ring (bicyclic) bond motifs is 4. The number of likely N-dealkylation sites (tertiary alicyclic amines) is 1. The number of likely N-dealkylation sites (N-methyl/N-ethyl adjacent to an activating group) is 1. The second-order valence-corrected chi connectivity index (χ2v) is 6.95. The average Bonchev–Trinajstić information content (AvgIpc) is 3.02. The number of ether oxygens (including phenoxy) is 1. The van der Waals surface area contributed by atoms with Crippen LogP contribution in [0.4, 0.5) is 0 Å². The Hall–Kier alpha value is -1.85. The predicted molar refractivity (Wildman–Crippen MR) is 94.0 cm³/mol. The lowest BCUT2D eigenvalue weighted by Crippen LogP contribution is -2.52. The molecule has 2 aliphatic heterocycles. The van der Waals surface area contributed by atoms with Gasteiger partial charge in [0.1, 0.15) is 5.60 Å². The molecule has 1 spiro atoms. The summed E-state index contributed by atoms with van der Waals surface area (Å²) in [6.45, 7) is 4.18. The van der Waals surface area contributed by atoms with Crippen molar-refractivity contribution in [1.82, 2.24) is 15.2 Å². The number of H-pyrrole nitrogens is 1. The molecule has 2 N–H and O–H groups in total. The monoisotopic (exact) mass is 327 g/mol. The van der Waals surface area contributed by atoms with Crippen molar-refractivity contribution in [2.45, 2.75) is 37.8 Å². The van der Waals surface area contributed by atoms with E-state index in [2.05, 4.69) is 34.6 Å². The molecule has 0 radical (unpaired) electrons. The minimum atomic E-state index is -0.258. The van der Waals surface area contributed by atoms with Crippen LogP contribution in [0, 0.1) is 0 Å². The molecule has 1 aromatic heterocycles. The van der Waals surface area contributed by atoms with Crippen LogP contribution in [0.5, 0.6) is 0 Å². The molecule has 1 atom stereocenters. The van der Waals surface area contributed by atoms with Gasteiger partial charge in [-0.25, -0.2) is 0 Å². The second kappa shape index (κ2) is 5.90. The Balaban J connectivity index is 1.62. The lowest BCUT2D eigenvalue weighted by molar-refractivity contribution is -0.142. The normalized spacial score (nSPS) is 21.0. The number of carbonyl (C=O) groups is 1. The van der Waals surface area contributed by atoms with Crippen molar-refractivity contribution in [2.24, 2.45) is 0 Å². The number of para-hydroxylation sites is 1. The summed E-state index contributed by atoms with van der Waals surface area (Å²) in [6.07, 6.45) is 2.67. The van der Waals surface area contributed by atoms with Gasteiger partial charge in [-0.05, 0) is 44.9 Å². The van der Waals surface area contributed by atoms with Crippen molar-refractivity contribution in [3.05, 3.63) is 35.5 Å². The predicted octanol–water partition coefficient (Wildman–Crippen LogP) is 2.17. The molecule has 1 fully saturated rings. The molecule has 2 aliphatic rings. The Morgan fingerprint density at radius 3 is 2.83 bits per heavy atom. The van der Waals surface area contributed by atoms with Gasteiger partial charge in [-0.1, -0.05) is 18.2 Å². The Morgan fingerprint density at radius 2 is 2.08 bits per heavy atom. The zero-order valence-corrected chi connectivity index (χ0v) is 14.4. The molecule has 0 aliphatic carbocycles. The van der Waals surface area contributed by atoms with Gasteiger partial charge in [0.05, 0.1) is 18.3 Å². The molecule has 1 amide bonds. The smallest absolute Gasteiger partial charge is 0.239 e. The average molecular weight is 327 g/mol. The number of carbonyl (C=O) groups excluding carboxylic acids is 1. The van der Waals surface area contributed by atoms with Gasteiger partial charge in [-0.15, -0.1) is 0 Å². The third-order valence-electron chi connectivity index (χ3n) is 5.69. The number of benzene rings is 1. The highest BCUT2D eigenvalue weighted by Crippen LogP contribution is 2.43. The van der Waals surface area contributed by atoms with Crippen molar-refractivity contribution in [1.29, 1.82) is 0 Å². The van der Waals surface area contributed by atoms with Crippen molar-refractivity contribution in [3.63, 3.8) is 0 Å². The van der Waals surface area contributed by atoms with Crippen molar-refractivity contribution in [2.75, 3.05) is 26.7 Å². The molecule has 1 unspecified atom stereocenters. The zero-order chi connectivity index (χ0) is 16.7. The molecule has 1 saturated heterocycles.